The summed E-state index contributed by atoms with van der Waals surface area (Å²) in [4.78, 5) is 9.74. The molecule has 0 heterocycles. The highest BCUT2D eigenvalue weighted by molar-refractivity contribution is 7.47. The van der Waals surface area contributed by atoms with Gasteiger partial charge in [0.05, 0.1) is 27.4 Å². The Balaban J connectivity index is 1.79. The molecule has 2 rings (SSSR count). The lowest BCUT2D eigenvalue weighted by Crippen LogP contribution is -2.03. The van der Waals surface area contributed by atoms with Crippen molar-refractivity contribution in [1.29, 1.82) is 0 Å². The summed E-state index contributed by atoms with van der Waals surface area (Å²) in [6.07, 6.45) is 0.694. The van der Waals surface area contributed by atoms with Crippen molar-refractivity contribution < 1.29 is 38.2 Å². The minimum Gasteiger partial charge on any atom is -0.504 e. The number of rotatable bonds is 10. The number of phosphoric ester groups is 1. The molecule has 0 radical (unpaired) electrons. The average Bonchev–Trinajstić information content (AvgIpc) is 2.64. The van der Waals surface area contributed by atoms with Crippen molar-refractivity contribution in [2.75, 3.05) is 27.4 Å². The summed E-state index contributed by atoms with van der Waals surface area (Å²) >= 11 is 0. The van der Waals surface area contributed by atoms with E-state index in [-0.39, 0.29) is 24.7 Å². The van der Waals surface area contributed by atoms with Crippen LogP contribution < -0.4 is 9.47 Å². The summed E-state index contributed by atoms with van der Waals surface area (Å²) in [5.74, 6) is 0.675. The first kappa shape index (κ1) is 21.1. The third-order valence-corrected chi connectivity index (χ3v) is 4.80. The molecular weight excluding hydrogens is 375 g/mol. The largest absolute Gasteiger partial charge is 0.504 e. The van der Waals surface area contributed by atoms with E-state index in [2.05, 4.69) is 0 Å². The van der Waals surface area contributed by atoms with E-state index >= 15 is 0 Å². The van der Waals surface area contributed by atoms with Crippen molar-refractivity contribution in [2.24, 2.45) is 0 Å². The molecule has 0 saturated heterocycles. The second-order valence-corrected chi connectivity index (χ2v) is 7.10. The van der Waals surface area contributed by atoms with Crippen LogP contribution in [0.4, 0.5) is 0 Å². The SMILES string of the molecule is COc1cc(CCOP(=O)(O)OCCc2ccc(O)c(OC)c2)ccc1O. The molecule has 0 saturated carbocycles. The van der Waals surface area contributed by atoms with Crippen LogP contribution in [0.15, 0.2) is 36.4 Å². The maximum Gasteiger partial charge on any atom is 0.472 e. The number of benzene rings is 2. The van der Waals surface area contributed by atoms with Gasteiger partial charge in [-0.3, -0.25) is 9.05 Å². The summed E-state index contributed by atoms with van der Waals surface area (Å²) in [7, 11) is -1.31. The van der Waals surface area contributed by atoms with Crippen LogP contribution in [0.3, 0.4) is 0 Å². The molecule has 27 heavy (non-hydrogen) atoms. The van der Waals surface area contributed by atoms with Crippen LogP contribution in [0.25, 0.3) is 0 Å². The second-order valence-electron chi connectivity index (χ2n) is 5.65. The molecule has 0 atom stereocenters. The van der Waals surface area contributed by atoms with Gasteiger partial charge < -0.3 is 24.6 Å². The van der Waals surface area contributed by atoms with E-state index in [0.717, 1.165) is 11.1 Å². The van der Waals surface area contributed by atoms with E-state index in [1.54, 1.807) is 24.3 Å². The summed E-state index contributed by atoms with van der Waals surface area (Å²) in [6, 6.07) is 9.55. The molecule has 2 aromatic carbocycles. The van der Waals surface area contributed by atoms with Crippen molar-refractivity contribution >= 4 is 7.82 Å². The van der Waals surface area contributed by atoms with E-state index in [0.29, 0.717) is 24.3 Å². The molecule has 0 fully saturated rings. The molecule has 3 N–H and O–H groups in total. The predicted molar refractivity (Wildman–Crippen MR) is 98.5 cm³/mol. The minimum absolute atomic E-state index is 0.0178. The number of aromatic hydroxyl groups is 2. The molecule has 0 aliphatic carbocycles. The van der Waals surface area contributed by atoms with E-state index < -0.39 is 7.82 Å². The van der Waals surface area contributed by atoms with Crippen LogP contribution in [0.2, 0.25) is 0 Å². The van der Waals surface area contributed by atoms with E-state index in [4.69, 9.17) is 18.5 Å². The van der Waals surface area contributed by atoms with Crippen LogP contribution in [-0.2, 0) is 26.5 Å². The van der Waals surface area contributed by atoms with E-state index in [9.17, 15) is 19.7 Å². The zero-order valence-electron chi connectivity index (χ0n) is 15.1. The molecule has 0 amide bonds. The number of phosphoric acid groups is 1. The van der Waals surface area contributed by atoms with Crippen LogP contribution in [0.1, 0.15) is 11.1 Å². The Bertz CT molecular complexity index is 744. The highest BCUT2D eigenvalue weighted by Crippen LogP contribution is 2.43. The molecule has 0 spiro atoms. The van der Waals surface area contributed by atoms with Crippen LogP contribution in [-0.4, -0.2) is 42.5 Å². The van der Waals surface area contributed by atoms with Gasteiger partial charge in [-0.15, -0.1) is 0 Å². The van der Waals surface area contributed by atoms with Crippen molar-refractivity contribution in [2.45, 2.75) is 12.8 Å². The molecule has 9 heteroatoms. The highest BCUT2D eigenvalue weighted by Gasteiger charge is 2.20. The fourth-order valence-corrected chi connectivity index (χ4v) is 3.07. The van der Waals surface area contributed by atoms with Gasteiger partial charge in [0.15, 0.2) is 23.0 Å². The number of phenolic OH excluding ortho intramolecular Hbond substituents is 2. The summed E-state index contributed by atoms with van der Waals surface area (Å²) < 4.78 is 31.9. The van der Waals surface area contributed by atoms with E-state index in [1.165, 1.54) is 26.4 Å². The van der Waals surface area contributed by atoms with Gasteiger partial charge in [0.25, 0.3) is 0 Å². The number of hydrogen-bond acceptors (Lipinski definition) is 7. The molecule has 148 valence electrons. The smallest absolute Gasteiger partial charge is 0.472 e. The van der Waals surface area contributed by atoms with Crippen LogP contribution >= 0.6 is 7.82 Å². The lowest BCUT2D eigenvalue weighted by Gasteiger charge is -2.13. The Hall–Kier alpha value is -2.25. The summed E-state index contributed by atoms with van der Waals surface area (Å²) in [6.45, 7) is -0.0660. The molecule has 0 aromatic heterocycles. The van der Waals surface area contributed by atoms with Crippen molar-refractivity contribution in [3.05, 3.63) is 47.5 Å². The third-order valence-electron chi connectivity index (χ3n) is 3.78. The quantitative estimate of drug-likeness (QED) is 0.523. The maximum absolute atomic E-state index is 11.9. The van der Waals surface area contributed by atoms with Crippen LogP contribution in [0.5, 0.6) is 23.0 Å². The first-order valence-corrected chi connectivity index (χ1v) is 9.68. The number of hydrogen-bond donors (Lipinski definition) is 3. The zero-order valence-corrected chi connectivity index (χ0v) is 16.0. The van der Waals surface area contributed by atoms with E-state index in [1.807, 2.05) is 0 Å². The average molecular weight is 398 g/mol. The Labute approximate surface area is 157 Å². The lowest BCUT2D eigenvalue weighted by molar-refractivity contribution is 0.152. The maximum atomic E-state index is 11.9. The Morgan fingerprint density at radius 2 is 1.22 bits per heavy atom. The van der Waals surface area contributed by atoms with Crippen molar-refractivity contribution in [1.82, 2.24) is 0 Å². The molecule has 0 aliphatic heterocycles. The summed E-state index contributed by atoms with van der Waals surface area (Å²) in [5, 5.41) is 19.1. The van der Waals surface area contributed by atoms with Crippen molar-refractivity contribution in [3.8, 4) is 23.0 Å². The Morgan fingerprint density at radius 3 is 1.59 bits per heavy atom. The zero-order chi connectivity index (χ0) is 19.9. The third kappa shape index (κ3) is 6.45. The molecule has 8 nitrogen and oxygen atoms in total. The van der Waals surface area contributed by atoms with Gasteiger partial charge in [-0.05, 0) is 48.2 Å². The number of phenols is 2. The topological polar surface area (TPSA) is 115 Å². The predicted octanol–water partition coefficient (Wildman–Crippen LogP) is 3.03. The Kier molecular flexibility index (Phi) is 7.50. The van der Waals surface area contributed by atoms with Gasteiger partial charge in [0, 0.05) is 0 Å². The first-order valence-electron chi connectivity index (χ1n) is 8.18. The van der Waals surface area contributed by atoms with Gasteiger partial charge >= 0.3 is 7.82 Å². The van der Waals surface area contributed by atoms with Crippen molar-refractivity contribution in [3.63, 3.8) is 0 Å². The fourth-order valence-electron chi connectivity index (χ4n) is 2.35. The molecular formula is C18H23O8P. The number of methoxy groups -OCH3 is 2. The molecule has 0 bridgehead atoms. The van der Waals surface area contributed by atoms with Gasteiger partial charge in [0.1, 0.15) is 0 Å². The molecule has 0 unspecified atom stereocenters. The second kappa shape index (κ2) is 9.62. The van der Waals surface area contributed by atoms with Gasteiger partial charge in [-0.25, -0.2) is 4.57 Å². The fraction of sp³-hybridized carbons (Fsp3) is 0.333. The molecule has 2 aromatic rings. The Morgan fingerprint density at radius 1 is 0.815 bits per heavy atom. The normalized spacial score (nSPS) is 11.4. The number of ether oxygens (including phenoxy) is 2. The highest BCUT2D eigenvalue weighted by atomic mass is 31.2. The van der Waals surface area contributed by atoms with Gasteiger partial charge in [0.2, 0.25) is 0 Å². The minimum atomic E-state index is -4.18. The summed E-state index contributed by atoms with van der Waals surface area (Å²) in [5.41, 5.74) is 1.56. The first-order chi connectivity index (χ1) is 12.8. The monoisotopic (exact) mass is 398 g/mol. The van der Waals surface area contributed by atoms with Gasteiger partial charge in [-0.2, -0.15) is 0 Å². The lowest BCUT2D eigenvalue weighted by atomic mass is 10.1. The van der Waals surface area contributed by atoms with Gasteiger partial charge in [-0.1, -0.05) is 12.1 Å². The standard InChI is InChI=1S/C18H23O8P/c1-23-17-11-13(3-5-15(17)19)7-9-25-27(21,22)26-10-8-14-4-6-16(20)18(12-14)24-2/h3-6,11-12,19-20H,7-10H2,1-2H3,(H,21,22). The van der Waals surface area contributed by atoms with Crippen LogP contribution in [0, 0.1) is 0 Å². The molecule has 0 aliphatic rings.